The molecule has 0 saturated carbocycles. The molecular formula is C14H13ClN4OS. The fourth-order valence-electron chi connectivity index (χ4n) is 1.89. The first-order valence-electron chi connectivity index (χ1n) is 6.32. The second kappa shape index (κ2) is 5.91. The highest BCUT2D eigenvalue weighted by Crippen LogP contribution is 2.26. The molecule has 0 amide bonds. The summed E-state index contributed by atoms with van der Waals surface area (Å²) in [5, 5.41) is 5.54. The normalized spacial score (nSPS) is 11.0. The molecule has 0 radical (unpaired) electrons. The zero-order valence-corrected chi connectivity index (χ0v) is 13.1. The van der Waals surface area contributed by atoms with Gasteiger partial charge in [0.05, 0.1) is 12.8 Å². The molecule has 0 saturated heterocycles. The van der Waals surface area contributed by atoms with E-state index in [9.17, 15) is 0 Å². The molecule has 108 valence electrons. The van der Waals surface area contributed by atoms with E-state index in [0.29, 0.717) is 27.5 Å². The van der Waals surface area contributed by atoms with E-state index in [1.165, 1.54) is 10.1 Å². The van der Waals surface area contributed by atoms with E-state index in [1.807, 2.05) is 25.1 Å². The maximum Gasteiger partial charge on any atom is 0.319 e. The van der Waals surface area contributed by atoms with Crippen molar-refractivity contribution in [2.24, 2.45) is 0 Å². The minimum atomic E-state index is 0.381. The molecule has 0 aliphatic rings. The highest BCUT2D eigenvalue weighted by Gasteiger charge is 2.15. The Balaban J connectivity index is 1.92. The summed E-state index contributed by atoms with van der Waals surface area (Å²) in [7, 11) is 1.55. The summed E-state index contributed by atoms with van der Waals surface area (Å²) >= 11 is 7.78. The molecule has 0 aliphatic heterocycles. The lowest BCUT2D eigenvalue weighted by molar-refractivity contribution is 0.365. The molecule has 0 bridgehead atoms. The van der Waals surface area contributed by atoms with Crippen molar-refractivity contribution in [3.8, 4) is 6.01 Å². The first kappa shape index (κ1) is 14.2. The lowest BCUT2D eigenvalue weighted by Gasteiger charge is -2.03. The van der Waals surface area contributed by atoms with Crippen molar-refractivity contribution in [1.82, 2.24) is 19.6 Å². The van der Waals surface area contributed by atoms with Crippen LogP contribution < -0.4 is 4.74 Å². The van der Waals surface area contributed by atoms with Crippen molar-refractivity contribution in [3.05, 3.63) is 46.6 Å². The molecule has 2 aromatic heterocycles. The first-order chi connectivity index (χ1) is 10.2. The van der Waals surface area contributed by atoms with Crippen LogP contribution in [0.3, 0.4) is 0 Å². The maximum atomic E-state index is 6.23. The second-order valence-corrected chi connectivity index (χ2v) is 5.72. The number of nitrogens with zero attached hydrogens (tertiary/aromatic N) is 4. The Kier molecular flexibility index (Phi) is 3.98. The number of aromatic nitrogens is 4. The van der Waals surface area contributed by atoms with Gasteiger partial charge in [-0.2, -0.15) is 14.5 Å². The molecule has 7 heteroatoms. The Bertz CT molecular complexity index is 775. The van der Waals surface area contributed by atoms with Gasteiger partial charge in [0.15, 0.2) is 5.65 Å². The maximum absolute atomic E-state index is 6.23. The summed E-state index contributed by atoms with van der Waals surface area (Å²) in [5.74, 6) is 0.796. The van der Waals surface area contributed by atoms with E-state index in [-0.39, 0.29) is 0 Å². The average molecular weight is 321 g/mol. The second-order valence-electron chi connectivity index (χ2n) is 4.40. The number of halogens is 1. The molecule has 1 aromatic carbocycles. The SMILES string of the molecule is COc1nc(C)c(Cl)c2nc(SCc3ccccc3)nn12. The van der Waals surface area contributed by atoms with Crippen LogP contribution in [0, 0.1) is 6.92 Å². The smallest absolute Gasteiger partial charge is 0.319 e. The number of hydrogen-bond donors (Lipinski definition) is 0. The van der Waals surface area contributed by atoms with E-state index in [1.54, 1.807) is 18.9 Å². The van der Waals surface area contributed by atoms with Gasteiger partial charge in [0, 0.05) is 5.75 Å². The van der Waals surface area contributed by atoms with Crippen molar-refractivity contribution in [2.75, 3.05) is 7.11 Å². The highest BCUT2D eigenvalue weighted by molar-refractivity contribution is 7.98. The van der Waals surface area contributed by atoms with E-state index in [2.05, 4.69) is 27.2 Å². The largest absolute Gasteiger partial charge is 0.467 e. The van der Waals surface area contributed by atoms with Gasteiger partial charge in [0.1, 0.15) is 5.02 Å². The van der Waals surface area contributed by atoms with Gasteiger partial charge >= 0.3 is 6.01 Å². The van der Waals surface area contributed by atoms with Gasteiger partial charge in [-0.1, -0.05) is 53.7 Å². The van der Waals surface area contributed by atoms with E-state index in [4.69, 9.17) is 16.3 Å². The van der Waals surface area contributed by atoms with Crippen LogP contribution in [-0.4, -0.2) is 26.7 Å². The van der Waals surface area contributed by atoms with E-state index >= 15 is 0 Å². The Morgan fingerprint density at radius 3 is 2.71 bits per heavy atom. The summed E-state index contributed by atoms with van der Waals surface area (Å²) in [4.78, 5) is 8.71. The molecule has 0 atom stereocenters. The number of hydrogen-bond acceptors (Lipinski definition) is 5. The Hall–Kier alpha value is -1.79. The van der Waals surface area contributed by atoms with Crippen LogP contribution in [0.4, 0.5) is 0 Å². The molecule has 0 aliphatic carbocycles. The molecule has 3 aromatic rings. The molecule has 0 unspecified atom stereocenters. The number of aryl methyl sites for hydroxylation is 1. The lowest BCUT2D eigenvalue weighted by Crippen LogP contribution is -2.01. The van der Waals surface area contributed by atoms with Gasteiger partial charge in [-0.25, -0.2) is 0 Å². The van der Waals surface area contributed by atoms with Crippen molar-refractivity contribution in [2.45, 2.75) is 17.8 Å². The number of thioether (sulfide) groups is 1. The predicted molar refractivity (Wildman–Crippen MR) is 83.1 cm³/mol. The third-order valence-electron chi connectivity index (χ3n) is 2.94. The van der Waals surface area contributed by atoms with Gasteiger partial charge < -0.3 is 4.74 Å². The zero-order valence-electron chi connectivity index (χ0n) is 11.6. The summed E-state index contributed by atoms with van der Waals surface area (Å²) in [6, 6.07) is 10.5. The van der Waals surface area contributed by atoms with Crippen LogP contribution in [0.25, 0.3) is 5.65 Å². The molecule has 5 nitrogen and oxygen atoms in total. The quantitative estimate of drug-likeness (QED) is 0.690. The minimum Gasteiger partial charge on any atom is -0.467 e. The van der Waals surface area contributed by atoms with Gasteiger partial charge in [0.2, 0.25) is 5.16 Å². The highest BCUT2D eigenvalue weighted by atomic mass is 35.5. The number of benzene rings is 1. The third kappa shape index (κ3) is 2.82. The number of methoxy groups -OCH3 is 1. The first-order valence-corrected chi connectivity index (χ1v) is 7.69. The van der Waals surface area contributed by atoms with Gasteiger partial charge in [-0.15, -0.1) is 5.10 Å². The topological polar surface area (TPSA) is 52.3 Å². The molecular weight excluding hydrogens is 308 g/mol. The van der Waals surface area contributed by atoms with Gasteiger partial charge in [-0.05, 0) is 12.5 Å². The van der Waals surface area contributed by atoms with Crippen molar-refractivity contribution >= 4 is 29.0 Å². The summed E-state index contributed by atoms with van der Waals surface area (Å²) in [6.45, 7) is 1.82. The van der Waals surface area contributed by atoms with Gasteiger partial charge in [0.25, 0.3) is 0 Å². The summed E-state index contributed by atoms with van der Waals surface area (Å²) in [6.07, 6.45) is 0. The Labute approximate surface area is 131 Å². The monoisotopic (exact) mass is 320 g/mol. The van der Waals surface area contributed by atoms with Crippen LogP contribution in [0.1, 0.15) is 11.3 Å². The van der Waals surface area contributed by atoms with Crippen molar-refractivity contribution in [3.63, 3.8) is 0 Å². The summed E-state index contributed by atoms with van der Waals surface area (Å²) < 4.78 is 6.75. The minimum absolute atomic E-state index is 0.381. The molecule has 21 heavy (non-hydrogen) atoms. The molecule has 3 rings (SSSR count). The van der Waals surface area contributed by atoms with Crippen LogP contribution in [0.15, 0.2) is 35.5 Å². The number of rotatable bonds is 4. The molecule has 0 N–H and O–H groups in total. The van der Waals surface area contributed by atoms with Crippen molar-refractivity contribution in [1.29, 1.82) is 0 Å². The average Bonchev–Trinajstić information content (AvgIpc) is 2.94. The van der Waals surface area contributed by atoms with Crippen LogP contribution in [-0.2, 0) is 5.75 Å². The van der Waals surface area contributed by atoms with Crippen LogP contribution >= 0.6 is 23.4 Å². The number of fused-ring (bicyclic) bond motifs is 1. The van der Waals surface area contributed by atoms with Gasteiger partial charge in [-0.3, -0.25) is 0 Å². The predicted octanol–water partition coefficient (Wildman–Crippen LogP) is 3.39. The Morgan fingerprint density at radius 1 is 1.24 bits per heavy atom. The standard InChI is InChI=1S/C14H13ClN4OS/c1-9-11(15)12-17-13(18-19(12)14(16-9)20-2)21-8-10-6-4-3-5-7-10/h3-7H,8H2,1-2H3. The van der Waals surface area contributed by atoms with Crippen molar-refractivity contribution < 1.29 is 4.74 Å². The van der Waals surface area contributed by atoms with E-state index in [0.717, 1.165) is 5.75 Å². The summed E-state index contributed by atoms with van der Waals surface area (Å²) in [5.41, 5.74) is 2.46. The van der Waals surface area contributed by atoms with Crippen LogP contribution in [0.2, 0.25) is 5.02 Å². The molecule has 0 spiro atoms. The Morgan fingerprint density at radius 2 is 2.00 bits per heavy atom. The fourth-order valence-corrected chi connectivity index (χ4v) is 2.83. The zero-order chi connectivity index (χ0) is 14.8. The number of ether oxygens (including phenoxy) is 1. The van der Waals surface area contributed by atoms with E-state index < -0.39 is 0 Å². The van der Waals surface area contributed by atoms with Crippen LogP contribution in [0.5, 0.6) is 6.01 Å². The fraction of sp³-hybridized carbons (Fsp3) is 0.214. The third-order valence-corrected chi connectivity index (χ3v) is 4.29. The lowest BCUT2D eigenvalue weighted by atomic mass is 10.2. The molecule has 0 fully saturated rings. The molecule has 2 heterocycles.